The molecule has 0 unspecified atom stereocenters. The van der Waals surface area contributed by atoms with Gasteiger partial charge in [-0.3, -0.25) is 4.79 Å². The molecule has 1 amide bonds. The van der Waals surface area contributed by atoms with Gasteiger partial charge in [-0.1, -0.05) is 24.6 Å². The maximum atomic E-state index is 12.9. The Balaban J connectivity index is 1.59. The van der Waals surface area contributed by atoms with Gasteiger partial charge in [-0.2, -0.15) is 0 Å². The number of amides is 1. The third kappa shape index (κ3) is 4.10. The summed E-state index contributed by atoms with van der Waals surface area (Å²) in [7, 11) is 0. The number of carbonyl (C=O) groups excluding carboxylic acids is 1. The molecular formula is C16H18FN3O2S. The van der Waals surface area contributed by atoms with Crippen LogP contribution in [0, 0.1) is 5.82 Å². The minimum Gasteiger partial charge on any atom is -0.411 e. The molecule has 0 spiro atoms. The Morgan fingerprint density at radius 1 is 1.30 bits per heavy atom. The minimum absolute atomic E-state index is 0.0107. The molecule has 5 nitrogen and oxygen atoms in total. The summed E-state index contributed by atoms with van der Waals surface area (Å²) in [6, 6.07) is 6.12. The van der Waals surface area contributed by atoms with Crippen LogP contribution in [-0.4, -0.2) is 27.4 Å². The summed E-state index contributed by atoms with van der Waals surface area (Å²) in [4.78, 5) is 12.2. The lowest BCUT2D eigenvalue weighted by molar-refractivity contribution is -0.120. The van der Waals surface area contributed by atoms with Crippen molar-refractivity contribution in [3.05, 3.63) is 30.1 Å². The van der Waals surface area contributed by atoms with Crippen molar-refractivity contribution in [3.8, 4) is 11.5 Å². The molecule has 3 rings (SSSR count). The van der Waals surface area contributed by atoms with E-state index in [1.165, 1.54) is 36.7 Å². The smallest absolute Gasteiger partial charge is 0.277 e. The van der Waals surface area contributed by atoms with Gasteiger partial charge in [0.15, 0.2) is 0 Å². The van der Waals surface area contributed by atoms with Crippen molar-refractivity contribution in [1.82, 2.24) is 15.5 Å². The molecule has 0 radical (unpaired) electrons. The maximum absolute atomic E-state index is 12.9. The molecule has 0 saturated heterocycles. The van der Waals surface area contributed by atoms with Gasteiger partial charge in [-0.05, 0) is 44.0 Å². The van der Waals surface area contributed by atoms with E-state index in [-0.39, 0.29) is 17.0 Å². The van der Waals surface area contributed by atoms with Crippen molar-refractivity contribution >= 4 is 17.7 Å². The number of hydrogen-bond donors (Lipinski definition) is 1. The van der Waals surface area contributed by atoms with Crippen molar-refractivity contribution < 1.29 is 13.6 Å². The average Bonchev–Trinajstić information content (AvgIpc) is 3.20. The standard InChI is InChI=1S/C16H18FN3O2S/c1-10(14(21)18-13-4-2-3-5-13)23-16-20-19-15(22-16)11-6-8-12(17)9-7-11/h6-10,13H,2-5H2,1H3,(H,18,21)/t10-/m0/s1. The minimum atomic E-state index is -0.319. The monoisotopic (exact) mass is 335 g/mol. The highest BCUT2D eigenvalue weighted by molar-refractivity contribution is 8.00. The molecule has 1 aromatic carbocycles. The number of rotatable bonds is 5. The number of aromatic nitrogens is 2. The normalized spacial score (nSPS) is 16.4. The Kier molecular flexibility index (Phi) is 4.95. The van der Waals surface area contributed by atoms with Crippen LogP contribution in [0.5, 0.6) is 0 Å². The molecule has 122 valence electrons. The molecule has 1 aliphatic rings. The first-order valence-corrected chi connectivity index (χ1v) is 8.56. The van der Waals surface area contributed by atoms with E-state index in [1.807, 2.05) is 6.92 Å². The van der Waals surface area contributed by atoms with E-state index in [2.05, 4.69) is 15.5 Å². The highest BCUT2D eigenvalue weighted by Gasteiger charge is 2.23. The van der Waals surface area contributed by atoms with E-state index in [9.17, 15) is 9.18 Å². The lowest BCUT2D eigenvalue weighted by atomic mass is 10.2. The van der Waals surface area contributed by atoms with Crippen molar-refractivity contribution in [2.45, 2.75) is 49.1 Å². The van der Waals surface area contributed by atoms with Gasteiger partial charge < -0.3 is 9.73 Å². The molecule has 1 N–H and O–H groups in total. The first kappa shape index (κ1) is 16.0. The molecule has 23 heavy (non-hydrogen) atoms. The van der Waals surface area contributed by atoms with E-state index in [0.29, 0.717) is 22.7 Å². The fourth-order valence-electron chi connectivity index (χ4n) is 2.56. The third-order valence-electron chi connectivity index (χ3n) is 3.85. The Labute approximate surface area is 138 Å². The van der Waals surface area contributed by atoms with E-state index in [4.69, 9.17) is 4.42 Å². The van der Waals surface area contributed by atoms with Crippen LogP contribution in [0.1, 0.15) is 32.6 Å². The Morgan fingerprint density at radius 3 is 2.70 bits per heavy atom. The topological polar surface area (TPSA) is 68.0 Å². The van der Waals surface area contributed by atoms with E-state index >= 15 is 0 Å². The third-order valence-corrected chi connectivity index (χ3v) is 4.78. The first-order chi connectivity index (χ1) is 11.1. The van der Waals surface area contributed by atoms with Gasteiger partial charge in [0.25, 0.3) is 5.22 Å². The number of hydrogen-bond acceptors (Lipinski definition) is 5. The van der Waals surface area contributed by atoms with Gasteiger partial charge in [-0.25, -0.2) is 4.39 Å². The van der Waals surface area contributed by atoms with Crippen molar-refractivity contribution in [2.24, 2.45) is 0 Å². The number of benzene rings is 1. The second kappa shape index (κ2) is 7.12. The second-order valence-electron chi connectivity index (χ2n) is 5.63. The van der Waals surface area contributed by atoms with Crippen LogP contribution < -0.4 is 5.32 Å². The average molecular weight is 335 g/mol. The summed E-state index contributed by atoms with van der Waals surface area (Å²) in [6.45, 7) is 1.82. The summed E-state index contributed by atoms with van der Waals surface area (Å²) >= 11 is 1.23. The van der Waals surface area contributed by atoms with Crippen LogP contribution in [0.15, 0.2) is 33.9 Å². The highest BCUT2D eigenvalue weighted by atomic mass is 32.2. The zero-order valence-corrected chi connectivity index (χ0v) is 13.6. The molecule has 1 saturated carbocycles. The number of carbonyl (C=O) groups is 1. The Hall–Kier alpha value is -1.89. The summed E-state index contributed by atoms with van der Waals surface area (Å²) in [5, 5.41) is 11.0. The maximum Gasteiger partial charge on any atom is 0.277 e. The number of nitrogens with zero attached hydrogens (tertiary/aromatic N) is 2. The summed E-state index contributed by atoms with van der Waals surface area (Å²) in [5.41, 5.74) is 0.647. The molecule has 1 atom stereocenters. The molecule has 1 heterocycles. The first-order valence-electron chi connectivity index (χ1n) is 7.68. The van der Waals surface area contributed by atoms with E-state index in [0.717, 1.165) is 12.8 Å². The molecule has 1 fully saturated rings. The van der Waals surface area contributed by atoms with Gasteiger partial charge >= 0.3 is 0 Å². The predicted octanol–water partition coefficient (Wildman–Crippen LogP) is 3.42. The predicted molar refractivity (Wildman–Crippen MR) is 85.4 cm³/mol. The fraction of sp³-hybridized carbons (Fsp3) is 0.438. The molecule has 1 aromatic heterocycles. The lowest BCUT2D eigenvalue weighted by Crippen LogP contribution is -2.37. The van der Waals surface area contributed by atoms with Gasteiger partial charge in [0.2, 0.25) is 11.8 Å². The molecule has 0 aliphatic heterocycles. The zero-order valence-electron chi connectivity index (χ0n) is 12.8. The van der Waals surface area contributed by atoms with Crippen LogP contribution in [0.2, 0.25) is 0 Å². The summed E-state index contributed by atoms with van der Waals surface area (Å²) in [5.74, 6) is -0.0144. The van der Waals surface area contributed by atoms with E-state index in [1.54, 1.807) is 12.1 Å². The second-order valence-corrected chi connectivity index (χ2v) is 6.92. The lowest BCUT2D eigenvalue weighted by Gasteiger charge is -2.14. The van der Waals surface area contributed by atoms with Crippen molar-refractivity contribution in [3.63, 3.8) is 0 Å². The molecule has 7 heteroatoms. The fourth-order valence-corrected chi connectivity index (χ4v) is 3.25. The molecule has 0 bridgehead atoms. The van der Waals surface area contributed by atoms with Crippen molar-refractivity contribution in [2.75, 3.05) is 0 Å². The number of nitrogens with one attached hydrogen (secondary N) is 1. The van der Waals surface area contributed by atoms with Gasteiger partial charge in [0, 0.05) is 11.6 Å². The summed E-state index contributed by atoms with van der Waals surface area (Å²) in [6.07, 6.45) is 4.46. The number of halogens is 1. The van der Waals surface area contributed by atoms with Crippen LogP contribution >= 0.6 is 11.8 Å². The van der Waals surface area contributed by atoms with E-state index < -0.39 is 0 Å². The van der Waals surface area contributed by atoms with Crippen LogP contribution in [-0.2, 0) is 4.79 Å². The zero-order chi connectivity index (χ0) is 16.2. The molecule has 2 aromatic rings. The van der Waals surface area contributed by atoms with Gasteiger partial charge in [0.05, 0.1) is 5.25 Å². The van der Waals surface area contributed by atoms with Gasteiger partial charge in [-0.15, -0.1) is 10.2 Å². The Morgan fingerprint density at radius 2 is 2.00 bits per heavy atom. The largest absolute Gasteiger partial charge is 0.411 e. The molecular weight excluding hydrogens is 317 g/mol. The van der Waals surface area contributed by atoms with Crippen LogP contribution in [0.3, 0.4) is 0 Å². The van der Waals surface area contributed by atoms with Crippen LogP contribution in [0.25, 0.3) is 11.5 Å². The Bertz CT molecular complexity index is 668. The van der Waals surface area contributed by atoms with Crippen molar-refractivity contribution in [1.29, 1.82) is 0 Å². The quantitative estimate of drug-likeness (QED) is 0.848. The highest BCUT2D eigenvalue weighted by Crippen LogP contribution is 2.27. The molecule has 1 aliphatic carbocycles. The van der Waals surface area contributed by atoms with Crippen LogP contribution in [0.4, 0.5) is 4.39 Å². The SMILES string of the molecule is C[C@H](Sc1nnc(-c2ccc(F)cc2)o1)C(=O)NC1CCCC1. The van der Waals surface area contributed by atoms with Gasteiger partial charge in [0.1, 0.15) is 5.82 Å². The number of thioether (sulfide) groups is 1. The summed E-state index contributed by atoms with van der Waals surface area (Å²) < 4.78 is 18.5.